The number of nitrogens with zero attached hydrogens (tertiary/aromatic N) is 1. The van der Waals surface area contributed by atoms with Crippen LogP contribution >= 0.6 is 0 Å². The van der Waals surface area contributed by atoms with Gasteiger partial charge in [-0.25, -0.2) is 13.6 Å². The number of amides is 1. The second kappa shape index (κ2) is 9.38. The van der Waals surface area contributed by atoms with Crippen molar-refractivity contribution in [2.45, 2.75) is 38.8 Å². The second-order valence-corrected chi connectivity index (χ2v) is 8.26. The first-order valence-electron chi connectivity index (χ1n) is 9.82. The highest BCUT2D eigenvalue weighted by atomic mass is 19.1. The van der Waals surface area contributed by atoms with Gasteiger partial charge in [-0.2, -0.15) is 0 Å². The van der Waals surface area contributed by atoms with Crippen LogP contribution in [0, 0.1) is 17.6 Å². The Hall–Kier alpha value is -2.74. The van der Waals surface area contributed by atoms with E-state index in [1.165, 1.54) is 24.3 Å². The van der Waals surface area contributed by atoms with Gasteiger partial charge in [0, 0.05) is 23.6 Å². The van der Waals surface area contributed by atoms with Gasteiger partial charge in [-0.05, 0) is 57.5 Å². The number of hydrogen-bond acceptors (Lipinski definition) is 5. The maximum Gasteiger partial charge on any atom is 0.407 e. The van der Waals surface area contributed by atoms with Crippen LogP contribution in [0.3, 0.4) is 0 Å². The van der Waals surface area contributed by atoms with Crippen LogP contribution in [0.5, 0.6) is 5.75 Å². The highest BCUT2D eigenvalue weighted by Gasteiger charge is 2.31. The first-order valence-corrected chi connectivity index (χ1v) is 9.82. The summed E-state index contributed by atoms with van der Waals surface area (Å²) in [5, 5.41) is 2.75. The lowest BCUT2D eigenvalue weighted by Crippen LogP contribution is -2.46. The number of alkyl carbamates (subject to hydrolysis) is 1. The summed E-state index contributed by atoms with van der Waals surface area (Å²) in [6.07, 6.45) is 0.711. The molecule has 1 aromatic heterocycles. The van der Waals surface area contributed by atoms with Crippen molar-refractivity contribution >= 4 is 6.09 Å². The lowest BCUT2D eigenvalue weighted by Gasteiger charge is -2.32. The van der Waals surface area contributed by atoms with Gasteiger partial charge in [0.05, 0.1) is 25.1 Å². The second-order valence-electron chi connectivity index (χ2n) is 8.26. The summed E-state index contributed by atoms with van der Waals surface area (Å²) in [6.45, 7) is 6.55. The molecule has 2 heterocycles. The topological polar surface area (TPSA) is 69.7 Å². The van der Waals surface area contributed by atoms with Crippen LogP contribution in [-0.4, -0.2) is 42.5 Å². The SMILES string of the molecule is CC(C)(C)NC(=O)O[C@H]1COCC[C@H]1COc1ccc(-c2ccc(F)cn2)cc1F. The fourth-order valence-electron chi connectivity index (χ4n) is 3.07. The van der Waals surface area contributed by atoms with Gasteiger partial charge < -0.3 is 19.5 Å². The highest BCUT2D eigenvalue weighted by Crippen LogP contribution is 2.26. The lowest BCUT2D eigenvalue weighted by molar-refractivity contribution is -0.0630. The normalized spacial score (nSPS) is 19.2. The zero-order chi connectivity index (χ0) is 21.7. The molecule has 1 aliphatic heterocycles. The molecule has 30 heavy (non-hydrogen) atoms. The predicted molar refractivity (Wildman–Crippen MR) is 107 cm³/mol. The number of pyridine rings is 1. The number of rotatable bonds is 5. The predicted octanol–water partition coefficient (Wildman–Crippen LogP) is 4.34. The van der Waals surface area contributed by atoms with E-state index >= 15 is 0 Å². The molecule has 1 aliphatic rings. The van der Waals surface area contributed by atoms with Crippen molar-refractivity contribution in [2.75, 3.05) is 19.8 Å². The van der Waals surface area contributed by atoms with Crippen molar-refractivity contribution in [3.63, 3.8) is 0 Å². The third kappa shape index (κ3) is 6.13. The molecule has 6 nitrogen and oxygen atoms in total. The molecular weight excluding hydrogens is 394 g/mol. The lowest BCUT2D eigenvalue weighted by atomic mass is 9.98. The van der Waals surface area contributed by atoms with E-state index in [2.05, 4.69) is 10.3 Å². The molecule has 8 heteroatoms. The number of nitrogens with one attached hydrogen (secondary N) is 1. The van der Waals surface area contributed by atoms with Gasteiger partial charge in [0.25, 0.3) is 0 Å². The van der Waals surface area contributed by atoms with Crippen LogP contribution in [0.2, 0.25) is 0 Å². The Labute approximate surface area is 174 Å². The molecule has 162 valence electrons. The van der Waals surface area contributed by atoms with E-state index in [0.717, 1.165) is 6.20 Å². The third-order valence-electron chi connectivity index (χ3n) is 4.58. The van der Waals surface area contributed by atoms with Gasteiger partial charge in [-0.15, -0.1) is 0 Å². The van der Waals surface area contributed by atoms with Gasteiger partial charge in [-0.1, -0.05) is 0 Å². The summed E-state index contributed by atoms with van der Waals surface area (Å²) in [5.41, 5.74) is 0.568. The maximum absolute atomic E-state index is 14.5. The largest absolute Gasteiger partial charge is 0.490 e. The molecule has 0 aliphatic carbocycles. The van der Waals surface area contributed by atoms with E-state index in [4.69, 9.17) is 14.2 Å². The fourth-order valence-corrected chi connectivity index (χ4v) is 3.07. The van der Waals surface area contributed by atoms with Crippen molar-refractivity contribution < 1.29 is 27.8 Å². The Morgan fingerprint density at radius 3 is 2.73 bits per heavy atom. The number of halogens is 2. The smallest absolute Gasteiger partial charge is 0.407 e. The van der Waals surface area contributed by atoms with E-state index in [1.54, 1.807) is 6.07 Å². The van der Waals surface area contributed by atoms with E-state index in [1.807, 2.05) is 20.8 Å². The summed E-state index contributed by atoms with van der Waals surface area (Å²) >= 11 is 0. The first-order chi connectivity index (χ1) is 14.2. The Morgan fingerprint density at radius 1 is 1.27 bits per heavy atom. The molecule has 0 bridgehead atoms. The molecule has 1 saturated heterocycles. The van der Waals surface area contributed by atoms with Crippen LogP contribution in [-0.2, 0) is 9.47 Å². The molecule has 1 amide bonds. The van der Waals surface area contributed by atoms with Gasteiger partial charge in [0.2, 0.25) is 0 Å². The quantitative estimate of drug-likeness (QED) is 0.780. The van der Waals surface area contributed by atoms with Crippen LogP contribution in [0.4, 0.5) is 13.6 Å². The van der Waals surface area contributed by atoms with Crippen molar-refractivity contribution in [2.24, 2.45) is 5.92 Å². The third-order valence-corrected chi connectivity index (χ3v) is 4.58. The standard InChI is InChI=1S/C22H26F2N2O4/c1-22(2,3)26-21(27)30-20-13-28-9-8-15(20)12-29-19-7-4-14(10-17(19)24)18-6-5-16(23)11-25-18/h4-7,10-11,15,20H,8-9,12-13H2,1-3H3,(H,26,27)/t15-,20-/m0/s1. The Kier molecular flexibility index (Phi) is 6.87. The minimum absolute atomic E-state index is 0.0882. The summed E-state index contributed by atoms with van der Waals surface area (Å²) in [7, 11) is 0. The van der Waals surface area contributed by atoms with E-state index in [-0.39, 0.29) is 24.9 Å². The molecule has 2 aromatic rings. The van der Waals surface area contributed by atoms with Crippen LogP contribution in [0.25, 0.3) is 11.3 Å². The van der Waals surface area contributed by atoms with Crippen molar-refractivity contribution in [3.8, 4) is 17.0 Å². The van der Waals surface area contributed by atoms with E-state index in [9.17, 15) is 13.6 Å². The summed E-state index contributed by atoms with van der Waals surface area (Å²) in [6, 6.07) is 7.22. The zero-order valence-corrected chi connectivity index (χ0v) is 17.3. The molecule has 0 unspecified atom stereocenters. The molecule has 2 atom stereocenters. The Bertz CT molecular complexity index is 868. The average molecular weight is 420 g/mol. The monoisotopic (exact) mass is 420 g/mol. The number of aromatic nitrogens is 1. The number of hydrogen-bond donors (Lipinski definition) is 1. The fraction of sp³-hybridized carbons (Fsp3) is 0.455. The van der Waals surface area contributed by atoms with Crippen molar-refractivity contribution in [1.29, 1.82) is 0 Å². The molecule has 0 saturated carbocycles. The molecule has 1 N–H and O–H groups in total. The Balaban J connectivity index is 1.61. The van der Waals surface area contributed by atoms with Gasteiger partial charge in [0.1, 0.15) is 11.9 Å². The van der Waals surface area contributed by atoms with E-state index in [0.29, 0.717) is 24.3 Å². The van der Waals surface area contributed by atoms with Crippen LogP contribution in [0.15, 0.2) is 36.5 Å². The zero-order valence-electron chi connectivity index (χ0n) is 17.3. The summed E-state index contributed by atoms with van der Waals surface area (Å²) in [4.78, 5) is 16.0. The van der Waals surface area contributed by atoms with Gasteiger partial charge in [0.15, 0.2) is 11.6 Å². The molecule has 0 spiro atoms. The Morgan fingerprint density at radius 2 is 2.07 bits per heavy atom. The molecular formula is C22H26F2N2O4. The minimum atomic E-state index is -0.548. The molecule has 0 radical (unpaired) electrons. The molecule has 1 fully saturated rings. The van der Waals surface area contributed by atoms with Gasteiger partial charge in [-0.3, -0.25) is 4.98 Å². The van der Waals surface area contributed by atoms with Crippen LogP contribution in [0.1, 0.15) is 27.2 Å². The van der Waals surface area contributed by atoms with Crippen LogP contribution < -0.4 is 10.1 Å². The average Bonchev–Trinajstić information content (AvgIpc) is 2.67. The van der Waals surface area contributed by atoms with Gasteiger partial charge >= 0.3 is 6.09 Å². The summed E-state index contributed by atoms with van der Waals surface area (Å²) in [5.74, 6) is -1.04. The number of carbonyl (C=O) groups is 1. The summed E-state index contributed by atoms with van der Waals surface area (Å²) < 4.78 is 44.1. The van der Waals surface area contributed by atoms with E-state index < -0.39 is 29.4 Å². The molecule has 1 aromatic carbocycles. The highest BCUT2D eigenvalue weighted by molar-refractivity contribution is 5.68. The number of benzene rings is 1. The minimum Gasteiger partial charge on any atom is -0.490 e. The number of carbonyl (C=O) groups excluding carboxylic acids is 1. The van der Waals surface area contributed by atoms with Crippen molar-refractivity contribution in [1.82, 2.24) is 10.3 Å². The maximum atomic E-state index is 14.5. The number of ether oxygens (including phenoxy) is 3. The molecule has 3 rings (SSSR count). The van der Waals surface area contributed by atoms with Crippen molar-refractivity contribution in [3.05, 3.63) is 48.2 Å². The first kappa shape index (κ1) is 22.0.